The van der Waals surface area contributed by atoms with Crippen LogP contribution in [-0.4, -0.2) is 23.6 Å². The minimum absolute atomic E-state index is 0.0445. The van der Waals surface area contributed by atoms with Crippen molar-refractivity contribution < 1.29 is 4.74 Å². The molecule has 0 radical (unpaired) electrons. The predicted molar refractivity (Wildman–Crippen MR) is 71.1 cm³/mol. The summed E-state index contributed by atoms with van der Waals surface area (Å²) in [5, 5.41) is 0. The summed E-state index contributed by atoms with van der Waals surface area (Å²) >= 11 is 0. The monoisotopic (exact) mass is 249 g/mol. The molecule has 1 aliphatic rings. The van der Waals surface area contributed by atoms with Crippen molar-refractivity contribution in [3.63, 3.8) is 0 Å². The van der Waals surface area contributed by atoms with Gasteiger partial charge in [0.05, 0.1) is 0 Å². The van der Waals surface area contributed by atoms with Gasteiger partial charge in [0.15, 0.2) is 5.82 Å². The van der Waals surface area contributed by atoms with Crippen molar-refractivity contribution >= 4 is 0 Å². The van der Waals surface area contributed by atoms with E-state index in [1.165, 1.54) is 32.1 Å². The second-order valence-electron chi connectivity index (χ2n) is 5.00. The van der Waals surface area contributed by atoms with Crippen LogP contribution < -0.4 is 5.73 Å². The van der Waals surface area contributed by atoms with Gasteiger partial charge in [-0.1, -0.05) is 19.3 Å². The second-order valence-corrected chi connectivity index (χ2v) is 5.00. The highest BCUT2D eigenvalue weighted by Crippen LogP contribution is 2.35. The number of rotatable bonds is 5. The van der Waals surface area contributed by atoms with Crippen LogP contribution in [0.1, 0.15) is 49.7 Å². The SMILES string of the molecule is COC(c1nccc(CCN)n1)C1CCCCC1. The molecule has 2 rings (SSSR count). The van der Waals surface area contributed by atoms with Crippen molar-refractivity contribution in [3.05, 3.63) is 23.8 Å². The maximum Gasteiger partial charge on any atom is 0.157 e. The van der Waals surface area contributed by atoms with E-state index in [1.807, 2.05) is 12.3 Å². The Hall–Kier alpha value is -1.00. The summed E-state index contributed by atoms with van der Waals surface area (Å²) in [4.78, 5) is 8.98. The van der Waals surface area contributed by atoms with Gasteiger partial charge in [-0.3, -0.25) is 0 Å². The van der Waals surface area contributed by atoms with Crippen LogP contribution in [0.5, 0.6) is 0 Å². The van der Waals surface area contributed by atoms with E-state index in [9.17, 15) is 0 Å². The summed E-state index contributed by atoms with van der Waals surface area (Å²) in [5.41, 5.74) is 6.58. The Morgan fingerprint density at radius 2 is 2.17 bits per heavy atom. The third-order valence-electron chi connectivity index (χ3n) is 3.72. The van der Waals surface area contributed by atoms with Crippen molar-refractivity contribution in [2.24, 2.45) is 11.7 Å². The van der Waals surface area contributed by atoms with Gasteiger partial charge in [-0.25, -0.2) is 9.97 Å². The van der Waals surface area contributed by atoms with Crippen molar-refractivity contribution in [1.29, 1.82) is 0 Å². The van der Waals surface area contributed by atoms with Gasteiger partial charge in [0.1, 0.15) is 6.10 Å². The minimum atomic E-state index is 0.0445. The fourth-order valence-corrected chi connectivity index (χ4v) is 2.78. The molecule has 0 saturated heterocycles. The first-order valence-corrected chi connectivity index (χ1v) is 6.90. The van der Waals surface area contributed by atoms with Crippen LogP contribution in [0.3, 0.4) is 0 Å². The molecule has 1 atom stereocenters. The van der Waals surface area contributed by atoms with Gasteiger partial charge in [0.25, 0.3) is 0 Å². The van der Waals surface area contributed by atoms with Crippen molar-refractivity contribution in [2.75, 3.05) is 13.7 Å². The van der Waals surface area contributed by atoms with Crippen molar-refractivity contribution in [3.8, 4) is 0 Å². The van der Waals surface area contributed by atoms with E-state index in [0.29, 0.717) is 12.5 Å². The Morgan fingerprint density at radius 3 is 2.83 bits per heavy atom. The summed E-state index contributed by atoms with van der Waals surface area (Å²) in [6.07, 6.45) is 9.06. The molecule has 4 nitrogen and oxygen atoms in total. The molecule has 2 N–H and O–H groups in total. The molecule has 1 saturated carbocycles. The Bertz CT molecular complexity index is 364. The van der Waals surface area contributed by atoms with Gasteiger partial charge in [-0.15, -0.1) is 0 Å². The Morgan fingerprint density at radius 1 is 1.39 bits per heavy atom. The Balaban J connectivity index is 2.12. The van der Waals surface area contributed by atoms with E-state index in [1.54, 1.807) is 7.11 Å². The van der Waals surface area contributed by atoms with E-state index >= 15 is 0 Å². The molecular weight excluding hydrogens is 226 g/mol. The maximum absolute atomic E-state index is 5.65. The fourth-order valence-electron chi connectivity index (χ4n) is 2.78. The molecule has 1 heterocycles. The highest BCUT2D eigenvalue weighted by molar-refractivity contribution is 5.05. The van der Waals surface area contributed by atoms with Crippen LogP contribution >= 0.6 is 0 Å². The maximum atomic E-state index is 5.65. The summed E-state index contributed by atoms with van der Waals surface area (Å²) in [5.74, 6) is 1.40. The normalized spacial score (nSPS) is 18.8. The molecule has 1 fully saturated rings. The molecule has 0 aromatic carbocycles. The first-order chi connectivity index (χ1) is 8.85. The van der Waals surface area contributed by atoms with Gasteiger partial charge in [0, 0.05) is 25.4 Å². The lowest BCUT2D eigenvalue weighted by molar-refractivity contribution is 0.0287. The lowest BCUT2D eigenvalue weighted by Gasteiger charge is -2.28. The van der Waals surface area contributed by atoms with E-state index in [-0.39, 0.29) is 6.10 Å². The molecule has 4 heteroatoms. The molecule has 0 bridgehead atoms. The van der Waals surface area contributed by atoms with Gasteiger partial charge in [-0.2, -0.15) is 0 Å². The van der Waals surface area contributed by atoms with Crippen LogP contribution in [0.4, 0.5) is 0 Å². The average Bonchev–Trinajstić information content (AvgIpc) is 2.42. The molecule has 100 valence electrons. The molecule has 1 aliphatic carbocycles. The van der Waals surface area contributed by atoms with Gasteiger partial charge >= 0.3 is 0 Å². The zero-order chi connectivity index (χ0) is 12.8. The fraction of sp³-hybridized carbons (Fsp3) is 0.714. The Labute approximate surface area is 109 Å². The van der Waals surface area contributed by atoms with E-state index in [2.05, 4.69) is 9.97 Å². The van der Waals surface area contributed by atoms with Crippen LogP contribution in [0.15, 0.2) is 12.3 Å². The van der Waals surface area contributed by atoms with Gasteiger partial charge in [-0.05, 0) is 31.4 Å². The van der Waals surface area contributed by atoms with E-state index in [4.69, 9.17) is 10.5 Å². The Kier molecular flexibility index (Phi) is 5.08. The smallest absolute Gasteiger partial charge is 0.157 e. The van der Waals surface area contributed by atoms with Crippen LogP contribution in [0.25, 0.3) is 0 Å². The molecule has 0 aliphatic heterocycles. The molecule has 1 aromatic heterocycles. The molecule has 0 spiro atoms. The number of nitrogens with zero attached hydrogens (tertiary/aromatic N) is 2. The number of aromatic nitrogens is 2. The lowest BCUT2D eigenvalue weighted by Crippen LogP contribution is -2.20. The topological polar surface area (TPSA) is 61.0 Å². The standard InChI is InChI=1S/C14H23N3O/c1-18-13(11-5-3-2-4-6-11)14-16-10-8-12(17-14)7-9-15/h8,10-11,13H,2-7,9,15H2,1H3. The van der Waals surface area contributed by atoms with Crippen LogP contribution in [0.2, 0.25) is 0 Å². The zero-order valence-electron chi connectivity index (χ0n) is 11.1. The summed E-state index contributed by atoms with van der Waals surface area (Å²) in [7, 11) is 1.76. The molecule has 0 amide bonds. The number of nitrogens with two attached hydrogens (primary N) is 1. The third-order valence-corrected chi connectivity index (χ3v) is 3.72. The summed E-state index contributed by atoms with van der Waals surface area (Å²) < 4.78 is 5.65. The van der Waals surface area contributed by atoms with Crippen LogP contribution in [-0.2, 0) is 11.2 Å². The second kappa shape index (κ2) is 6.81. The van der Waals surface area contributed by atoms with Crippen molar-refractivity contribution in [1.82, 2.24) is 9.97 Å². The molecule has 1 aromatic rings. The lowest BCUT2D eigenvalue weighted by atomic mass is 9.85. The van der Waals surface area contributed by atoms with E-state index in [0.717, 1.165) is 17.9 Å². The number of ether oxygens (including phenoxy) is 1. The number of hydrogen-bond acceptors (Lipinski definition) is 4. The minimum Gasteiger partial charge on any atom is -0.373 e. The summed E-state index contributed by atoms with van der Waals surface area (Å²) in [6.45, 7) is 0.623. The number of methoxy groups -OCH3 is 1. The first-order valence-electron chi connectivity index (χ1n) is 6.90. The molecular formula is C14H23N3O. The quantitative estimate of drug-likeness (QED) is 0.869. The summed E-state index contributed by atoms with van der Waals surface area (Å²) in [6, 6.07) is 1.93. The number of hydrogen-bond donors (Lipinski definition) is 1. The molecule has 1 unspecified atom stereocenters. The molecule has 18 heavy (non-hydrogen) atoms. The van der Waals surface area contributed by atoms with E-state index < -0.39 is 0 Å². The highest BCUT2D eigenvalue weighted by Gasteiger charge is 2.27. The largest absolute Gasteiger partial charge is 0.373 e. The van der Waals surface area contributed by atoms with Gasteiger partial charge < -0.3 is 10.5 Å². The zero-order valence-corrected chi connectivity index (χ0v) is 11.1. The van der Waals surface area contributed by atoms with Gasteiger partial charge in [0.2, 0.25) is 0 Å². The van der Waals surface area contributed by atoms with Crippen LogP contribution in [0, 0.1) is 5.92 Å². The predicted octanol–water partition coefficient (Wildman–Crippen LogP) is 2.25. The van der Waals surface area contributed by atoms with Crippen molar-refractivity contribution in [2.45, 2.75) is 44.6 Å². The first kappa shape index (κ1) is 13.4. The average molecular weight is 249 g/mol. The third kappa shape index (κ3) is 3.27. The highest BCUT2D eigenvalue weighted by atomic mass is 16.5.